The summed E-state index contributed by atoms with van der Waals surface area (Å²) in [4.78, 5) is 39.4. The lowest BCUT2D eigenvalue weighted by Crippen LogP contribution is -2.36. The zero-order chi connectivity index (χ0) is 24.8. The number of alkyl halides is 3. The summed E-state index contributed by atoms with van der Waals surface area (Å²) in [6.45, 7) is 3.56. The van der Waals surface area contributed by atoms with Gasteiger partial charge in [-0.3, -0.25) is 19.0 Å². The Bertz CT molecular complexity index is 1210. The van der Waals surface area contributed by atoms with Crippen LogP contribution in [0.2, 0.25) is 0 Å². The van der Waals surface area contributed by atoms with E-state index in [1.165, 1.54) is 16.8 Å². The van der Waals surface area contributed by atoms with E-state index in [4.69, 9.17) is 0 Å². The number of nitrogens with zero attached hydrogens (tertiary/aromatic N) is 4. The summed E-state index contributed by atoms with van der Waals surface area (Å²) in [6.07, 6.45) is 0.916. The Balaban J connectivity index is 1.68. The third-order valence-electron chi connectivity index (χ3n) is 5.97. The van der Waals surface area contributed by atoms with Gasteiger partial charge in [0.2, 0.25) is 11.8 Å². The van der Waals surface area contributed by atoms with E-state index in [0.717, 1.165) is 28.3 Å². The quantitative estimate of drug-likeness (QED) is 0.615. The monoisotopic (exact) mass is 481 g/mol. The highest BCUT2D eigenvalue weighted by atomic mass is 19.4. The predicted octanol–water partition coefficient (Wildman–Crippen LogP) is 2.17. The van der Waals surface area contributed by atoms with E-state index in [0.29, 0.717) is 5.56 Å². The van der Waals surface area contributed by atoms with Gasteiger partial charge in [0.25, 0.3) is 11.5 Å². The third-order valence-corrected chi connectivity index (χ3v) is 5.97. The van der Waals surface area contributed by atoms with Crippen LogP contribution in [0.3, 0.4) is 0 Å². The van der Waals surface area contributed by atoms with Gasteiger partial charge in [-0.15, -0.1) is 0 Å². The summed E-state index contributed by atoms with van der Waals surface area (Å²) in [6, 6.07) is -0.0230. The van der Waals surface area contributed by atoms with Crippen LogP contribution in [-0.2, 0) is 11.3 Å². The fourth-order valence-electron chi connectivity index (χ4n) is 4.04. The molecule has 4 rings (SSSR count). The van der Waals surface area contributed by atoms with Crippen molar-refractivity contribution in [3.63, 3.8) is 0 Å². The van der Waals surface area contributed by atoms with Gasteiger partial charge in [-0.2, -0.15) is 22.8 Å². The van der Waals surface area contributed by atoms with Crippen molar-refractivity contribution in [2.45, 2.75) is 51.9 Å². The van der Waals surface area contributed by atoms with Gasteiger partial charge in [-0.25, -0.2) is 0 Å². The molecule has 184 valence electrons. The number of carbonyl (C=O) groups excluding carboxylic acids is 2. The van der Waals surface area contributed by atoms with Gasteiger partial charge < -0.3 is 15.3 Å². The van der Waals surface area contributed by atoms with E-state index in [1.807, 2.05) is 13.8 Å². The third kappa shape index (κ3) is 4.66. The van der Waals surface area contributed by atoms with Crippen molar-refractivity contribution >= 4 is 23.5 Å². The molecule has 1 saturated carbocycles. The molecule has 2 aromatic rings. The smallest absolute Gasteiger partial charge is 0.393 e. The van der Waals surface area contributed by atoms with Crippen molar-refractivity contribution in [2.75, 3.05) is 13.1 Å². The second kappa shape index (κ2) is 8.80. The summed E-state index contributed by atoms with van der Waals surface area (Å²) in [7, 11) is 0. The van der Waals surface area contributed by atoms with Gasteiger partial charge in [-0.05, 0) is 31.3 Å². The van der Waals surface area contributed by atoms with Gasteiger partial charge >= 0.3 is 6.18 Å². The standard InChI is InChI=1S/C22H26F3N5O4/c1-12(2)10-29-19-13(3-6-16(31)28-8-7-14(11-28)22(23,24)25)9-26-30(19)21(34)17(20(29)33)18(32)27-15-4-5-15/h3,6,9,12,14-15,34H,4-5,7-8,10-11H2,1-2H3,(H,27,32)/b6-3+. The lowest BCUT2D eigenvalue weighted by Gasteiger charge is -2.16. The first kappa shape index (κ1) is 23.8. The number of aromatic hydroxyl groups is 1. The zero-order valence-corrected chi connectivity index (χ0v) is 18.8. The van der Waals surface area contributed by atoms with E-state index in [-0.39, 0.29) is 37.1 Å². The van der Waals surface area contributed by atoms with E-state index in [2.05, 4.69) is 10.4 Å². The van der Waals surface area contributed by atoms with Crippen molar-refractivity contribution < 1.29 is 27.9 Å². The number of fused-ring (bicyclic) bond motifs is 1. The van der Waals surface area contributed by atoms with Crippen LogP contribution in [0.1, 0.15) is 49.0 Å². The molecule has 1 aliphatic heterocycles. The number of hydrogen-bond donors (Lipinski definition) is 2. The minimum Gasteiger partial charge on any atom is -0.492 e. The first-order valence-corrected chi connectivity index (χ1v) is 11.2. The van der Waals surface area contributed by atoms with Gasteiger partial charge in [0.15, 0.2) is 5.56 Å². The van der Waals surface area contributed by atoms with Crippen molar-refractivity contribution in [2.24, 2.45) is 11.8 Å². The molecule has 2 fully saturated rings. The molecule has 1 saturated heterocycles. The predicted molar refractivity (Wildman–Crippen MR) is 116 cm³/mol. The Morgan fingerprint density at radius 2 is 2.00 bits per heavy atom. The molecular weight excluding hydrogens is 455 g/mol. The van der Waals surface area contributed by atoms with Gasteiger partial charge in [0.1, 0.15) is 5.65 Å². The molecule has 0 bridgehead atoms. The molecule has 1 atom stereocenters. The maximum Gasteiger partial charge on any atom is 0.393 e. The zero-order valence-electron chi connectivity index (χ0n) is 18.8. The number of hydrogen-bond acceptors (Lipinski definition) is 5. The maximum atomic E-state index is 13.2. The van der Waals surface area contributed by atoms with Crippen LogP contribution in [0, 0.1) is 11.8 Å². The van der Waals surface area contributed by atoms with Crippen molar-refractivity contribution in [1.82, 2.24) is 24.4 Å². The van der Waals surface area contributed by atoms with Crippen LogP contribution >= 0.6 is 0 Å². The van der Waals surface area contributed by atoms with Crippen LogP contribution in [0.15, 0.2) is 17.1 Å². The number of aromatic nitrogens is 3. The van der Waals surface area contributed by atoms with Crippen LogP contribution in [0.4, 0.5) is 13.2 Å². The highest BCUT2D eigenvalue weighted by molar-refractivity contribution is 5.97. The van der Waals surface area contributed by atoms with Gasteiger partial charge in [-0.1, -0.05) is 13.8 Å². The largest absolute Gasteiger partial charge is 0.492 e. The fraction of sp³-hybridized carbons (Fsp3) is 0.545. The first-order valence-electron chi connectivity index (χ1n) is 11.2. The van der Waals surface area contributed by atoms with E-state index in [1.54, 1.807) is 0 Å². The molecule has 2 N–H and O–H groups in total. The molecule has 9 nitrogen and oxygen atoms in total. The molecule has 3 heterocycles. The lowest BCUT2D eigenvalue weighted by molar-refractivity contribution is -0.170. The normalized spacial score (nSPS) is 19.0. The molecule has 12 heteroatoms. The van der Waals surface area contributed by atoms with E-state index in [9.17, 15) is 32.7 Å². The molecule has 2 aromatic heterocycles. The fourth-order valence-corrected chi connectivity index (χ4v) is 4.04. The minimum absolute atomic E-state index is 0.000418. The SMILES string of the molecule is CC(C)Cn1c(=O)c(C(=O)NC2CC2)c(O)n2ncc(/C=C/C(=O)N3CCC(C(F)(F)F)C3)c12. The van der Waals surface area contributed by atoms with E-state index >= 15 is 0 Å². The second-order valence-electron chi connectivity index (χ2n) is 9.24. The molecule has 0 aromatic carbocycles. The summed E-state index contributed by atoms with van der Waals surface area (Å²) in [5.74, 6) is -3.43. The molecule has 1 aliphatic carbocycles. The first-order chi connectivity index (χ1) is 16.0. The molecule has 1 unspecified atom stereocenters. The number of likely N-dealkylation sites (tertiary alicyclic amines) is 1. The van der Waals surface area contributed by atoms with Crippen LogP contribution in [0.25, 0.3) is 11.7 Å². The molecule has 0 radical (unpaired) electrons. The number of rotatable bonds is 6. The Morgan fingerprint density at radius 3 is 2.59 bits per heavy atom. The molecule has 0 spiro atoms. The highest BCUT2D eigenvalue weighted by Crippen LogP contribution is 2.33. The average molecular weight is 481 g/mol. The van der Waals surface area contributed by atoms with Crippen molar-refractivity contribution in [3.05, 3.63) is 33.8 Å². The number of nitrogens with one attached hydrogen (secondary N) is 1. The van der Waals surface area contributed by atoms with Crippen LogP contribution in [0.5, 0.6) is 5.88 Å². The number of amides is 2. The Labute approximate surface area is 192 Å². The molecular formula is C22H26F3N5O4. The van der Waals surface area contributed by atoms with Crippen LogP contribution < -0.4 is 10.9 Å². The molecule has 2 amide bonds. The summed E-state index contributed by atoms with van der Waals surface area (Å²) in [5.41, 5.74) is -0.615. The average Bonchev–Trinajstić information content (AvgIpc) is 3.25. The van der Waals surface area contributed by atoms with Crippen LogP contribution in [-0.4, -0.2) is 61.3 Å². The Kier molecular flexibility index (Phi) is 6.17. The molecule has 2 aliphatic rings. The maximum absolute atomic E-state index is 13.2. The summed E-state index contributed by atoms with van der Waals surface area (Å²) >= 11 is 0. The topological polar surface area (TPSA) is 109 Å². The second-order valence-corrected chi connectivity index (χ2v) is 9.24. The van der Waals surface area contributed by atoms with Crippen molar-refractivity contribution in [1.29, 1.82) is 0 Å². The number of carbonyl (C=O) groups is 2. The minimum atomic E-state index is -4.35. The van der Waals surface area contributed by atoms with Gasteiger partial charge in [0, 0.05) is 37.3 Å². The number of halogens is 3. The summed E-state index contributed by atoms with van der Waals surface area (Å²) < 4.78 is 41.1. The Hall–Kier alpha value is -3.31. The van der Waals surface area contributed by atoms with E-state index < -0.39 is 47.5 Å². The lowest BCUT2D eigenvalue weighted by atomic mass is 10.1. The van der Waals surface area contributed by atoms with Gasteiger partial charge in [0.05, 0.1) is 12.1 Å². The highest BCUT2D eigenvalue weighted by Gasteiger charge is 2.44. The Morgan fingerprint density at radius 1 is 1.29 bits per heavy atom. The molecule has 34 heavy (non-hydrogen) atoms. The summed E-state index contributed by atoms with van der Waals surface area (Å²) in [5, 5.41) is 17.5. The van der Waals surface area contributed by atoms with Crippen molar-refractivity contribution in [3.8, 4) is 5.88 Å².